The molecular formula is C23H24N2O2. The van der Waals surface area contributed by atoms with E-state index in [2.05, 4.69) is 16.3 Å². The Kier molecular flexibility index (Phi) is 4.56. The van der Waals surface area contributed by atoms with E-state index in [1.807, 2.05) is 55.5 Å². The minimum atomic E-state index is -0.637. The van der Waals surface area contributed by atoms with Crippen molar-refractivity contribution in [3.63, 3.8) is 0 Å². The number of hydrogen-bond donors (Lipinski definition) is 1. The summed E-state index contributed by atoms with van der Waals surface area (Å²) in [4.78, 5) is 27.9. The average molecular weight is 360 g/mol. The number of amides is 1. The minimum absolute atomic E-state index is 0.0732. The molecule has 138 valence electrons. The van der Waals surface area contributed by atoms with Gasteiger partial charge in [-0.3, -0.25) is 9.59 Å². The van der Waals surface area contributed by atoms with Gasteiger partial charge in [-0.25, -0.2) is 0 Å². The molecule has 0 radical (unpaired) electrons. The molecule has 4 heteroatoms. The van der Waals surface area contributed by atoms with Crippen molar-refractivity contribution in [3.8, 4) is 0 Å². The zero-order chi connectivity index (χ0) is 19.0. The highest BCUT2D eigenvalue weighted by atomic mass is 16.2. The monoisotopic (exact) mass is 360 g/mol. The minimum Gasteiger partial charge on any atom is -0.367 e. The largest absolute Gasteiger partial charge is 0.367 e. The Hall–Kier alpha value is -2.88. The summed E-state index contributed by atoms with van der Waals surface area (Å²) in [6.07, 6.45) is 2.35. The smallest absolute Gasteiger partial charge is 0.254 e. The zero-order valence-corrected chi connectivity index (χ0v) is 15.7. The fraction of sp³-hybridized carbons (Fsp3) is 0.304. The van der Waals surface area contributed by atoms with Crippen LogP contribution >= 0.6 is 0 Å². The van der Waals surface area contributed by atoms with Crippen LogP contribution in [0.5, 0.6) is 0 Å². The maximum atomic E-state index is 13.3. The topological polar surface area (TPSA) is 49.4 Å². The van der Waals surface area contributed by atoms with Gasteiger partial charge in [0.05, 0.1) is 5.57 Å². The van der Waals surface area contributed by atoms with Crippen LogP contribution < -0.4 is 5.32 Å². The molecule has 2 aliphatic rings. The summed E-state index contributed by atoms with van der Waals surface area (Å²) in [6, 6.07) is 17.4. The molecule has 1 N–H and O–H groups in total. The van der Waals surface area contributed by atoms with Crippen LogP contribution in [0.1, 0.15) is 49.4 Å². The van der Waals surface area contributed by atoms with Crippen molar-refractivity contribution in [2.75, 3.05) is 0 Å². The summed E-state index contributed by atoms with van der Waals surface area (Å²) < 4.78 is 0. The van der Waals surface area contributed by atoms with E-state index in [4.69, 9.17) is 0 Å². The number of ketones is 1. The molecule has 4 nitrogen and oxygen atoms in total. The van der Waals surface area contributed by atoms with Crippen LogP contribution in [0.2, 0.25) is 0 Å². The fourth-order valence-corrected chi connectivity index (χ4v) is 3.89. The summed E-state index contributed by atoms with van der Waals surface area (Å²) in [7, 11) is 0. The first-order valence-corrected chi connectivity index (χ1v) is 9.48. The van der Waals surface area contributed by atoms with Gasteiger partial charge in [0.2, 0.25) is 0 Å². The Morgan fingerprint density at radius 1 is 1.04 bits per heavy atom. The Bertz CT molecular complexity index is 913. The number of carbonyl (C=O) groups is 2. The van der Waals surface area contributed by atoms with Crippen molar-refractivity contribution in [1.82, 2.24) is 10.2 Å². The number of Topliss-reactive ketones (excluding diaryl/α,β-unsaturated/α-hetero) is 1. The Balaban J connectivity index is 1.70. The quantitative estimate of drug-likeness (QED) is 0.881. The Morgan fingerprint density at radius 2 is 1.70 bits per heavy atom. The molecule has 1 atom stereocenters. The van der Waals surface area contributed by atoms with Gasteiger partial charge in [0.25, 0.3) is 5.91 Å². The molecule has 27 heavy (non-hydrogen) atoms. The van der Waals surface area contributed by atoms with Gasteiger partial charge in [0.1, 0.15) is 6.04 Å². The first-order valence-electron chi connectivity index (χ1n) is 9.48. The van der Waals surface area contributed by atoms with Gasteiger partial charge in [-0.15, -0.1) is 0 Å². The second-order valence-electron chi connectivity index (χ2n) is 7.40. The lowest BCUT2D eigenvalue weighted by Gasteiger charge is -2.34. The third-order valence-corrected chi connectivity index (χ3v) is 5.45. The molecular weight excluding hydrogens is 336 g/mol. The van der Waals surface area contributed by atoms with Crippen molar-refractivity contribution in [2.45, 2.75) is 45.3 Å². The van der Waals surface area contributed by atoms with Crippen LogP contribution in [0, 0.1) is 0 Å². The molecule has 0 spiro atoms. The summed E-state index contributed by atoms with van der Waals surface area (Å²) in [5, 5.41) is 2.98. The second-order valence-corrected chi connectivity index (χ2v) is 7.40. The van der Waals surface area contributed by atoms with E-state index in [0.29, 0.717) is 11.6 Å². The van der Waals surface area contributed by atoms with Gasteiger partial charge in [0.15, 0.2) is 5.78 Å². The van der Waals surface area contributed by atoms with Gasteiger partial charge in [-0.2, -0.15) is 0 Å². The molecule has 0 unspecified atom stereocenters. The lowest BCUT2D eigenvalue weighted by molar-refractivity contribution is -0.124. The van der Waals surface area contributed by atoms with Crippen molar-refractivity contribution in [1.29, 1.82) is 0 Å². The number of benzene rings is 2. The van der Waals surface area contributed by atoms with E-state index in [0.717, 1.165) is 23.4 Å². The standard InChI is InChI=1S/C23H24N2O2/c1-15-21(20-11-7-6-10-18(20)14-25(15)19-12-13-19)23(27)24-22(16(2)26)17-8-4-3-5-9-17/h3-11,19,22H,12-14H2,1-2H3,(H,24,27)/t22-/m1/s1. The van der Waals surface area contributed by atoms with E-state index >= 15 is 0 Å². The predicted octanol–water partition coefficient (Wildman–Crippen LogP) is 3.84. The van der Waals surface area contributed by atoms with E-state index in [9.17, 15) is 9.59 Å². The number of nitrogens with one attached hydrogen (secondary N) is 1. The van der Waals surface area contributed by atoms with Crippen LogP contribution in [-0.4, -0.2) is 22.6 Å². The highest BCUT2D eigenvalue weighted by Gasteiger charge is 2.36. The molecule has 1 aliphatic carbocycles. The number of rotatable bonds is 5. The first-order chi connectivity index (χ1) is 13.1. The molecule has 1 aliphatic heterocycles. The lowest BCUT2D eigenvalue weighted by atomic mass is 9.92. The molecule has 1 saturated carbocycles. The van der Waals surface area contributed by atoms with Crippen molar-refractivity contribution < 1.29 is 9.59 Å². The molecule has 0 bridgehead atoms. The highest BCUT2D eigenvalue weighted by molar-refractivity contribution is 6.21. The number of hydrogen-bond acceptors (Lipinski definition) is 3. The summed E-state index contributed by atoms with van der Waals surface area (Å²) in [6.45, 7) is 4.39. The molecule has 4 rings (SSSR count). The Labute approximate surface area is 159 Å². The number of allylic oxidation sites excluding steroid dienone is 1. The number of carbonyl (C=O) groups excluding carboxylic acids is 2. The van der Waals surface area contributed by atoms with Gasteiger partial charge in [0, 0.05) is 18.3 Å². The molecule has 2 aromatic carbocycles. The first kappa shape index (κ1) is 17.5. The number of fused-ring (bicyclic) bond motifs is 1. The zero-order valence-electron chi connectivity index (χ0n) is 15.7. The van der Waals surface area contributed by atoms with Gasteiger partial charge in [-0.05, 0) is 43.4 Å². The fourth-order valence-electron chi connectivity index (χ4n) is 3.89. The van der Waals surface area contributed by atoms with Crippen molar-refractivity contribution in [3.05, 3.63) is 77.0 Å². The number of nitrogens with zero attached hydrogens (tertiary/aromatic N) is 1. The van der Waals surface area contributed by atoms with Crippen LogP contribution in [0.15, 0.2) is 60.3 Å². The summed E-state index contributed by atoms with van der Waals surface area (Å²) in [5.74, 6) is -0.259. The van der Waals surface area contributed by atoms with E-state index in [1.165, 1.54) is 25.3 Å². The van der Waals surface area contributed by atoms with Gasteiger partial charge in [-0.1, -0.05) is 54.6 Å². The third kappa shape index (κ3) is 3.39. The maximum absolute atomic E-state index is 13.3. The second kappa shape index (κ2) is 7.03. The van der Waals surface area contributed by atoms with Crippen LogP contribution in [0.3, 0.4) is 0 Å². The van der Waals surface area contributed by atoms with Crippen LogP contribution in [-0.2, 0) is 16.1 Å². The normalized spacial score (nSPS) is 17.3. The predicted molar refractivity (Wildman–Crippen MR) is 106 cm³/mol. The SMILES string of the molecule is CC(=O)[C@@H](NC(=O)C1=C(C)N(C2CC2)Cc2ccccc21)c1ccccc1. The highest BCUT2D eigenvalue weighted by Crippen LogP contribution is 2.39. The molecule has 2 aromatic rings. The molecule has 1 fully saturated rings. The average Bonchev–Trinajstić information content (AvgIpc) is 3.51. The third-order valence-electron chi connectivity index (χ3n) is 5.45. The summed E-state index contributed by atoms with van der Waals surface area (Å²) >= 11 is 0. The Morgan fingerprint density at radius 3 is 2.37 bits per heavy atom. The molecule has 1 amide bonds. The van der Waals surface area contributed by atoms with Crippen LogP contribution in [0.4, 0.5) is 0 Å². The van der Waals surface area contributed by atoms with E-state index < -0.39 is 6.04 Å². The molecule has 0 saturated heterocycles. The maximum Gasteiger partial charge on any atom is 0.254 e. The summed E-state index contributed by atoms with van der Waals surface area (Å²) in [5.41, 5.74) is 4.63. The lowest BCUT2D eigenvalue weighted by Crippen LogP contribution is -2.37. The van der Waals surface area contributed by atoms with Crippen molar-refractivity contribution >= 4 is 17.3 Å². The van der Waals surface area contributed by atoms with Gasteiger partial charge < -0.3 is 10.2 Å². The van der Waals surface area contributed by atoms with E-state index in [-0.39, 0.29) is 11.7 Å². The molecule has 0 aromatic heterocycles. The van der Waals surface area contributed by atoms with E-state index in [1.54, 1.807) is 0 Å². The molecule has 1 heterocycles. The van der Waals surface area contributed by atoms with Gasteiger partial charge >= 0.3 is 0 Å². The van der Waals surface area contributed by atoms with Crippen molar-refractivity contribution in [2.24, 2.45) is 0 Å². The van der Waals surface area contributed by atoms with Crippen LogP contribution in [0.25, 0.3) is 5.57 Å².